The lowest BCUT2D eigenvalue weighted by Gasteiger charge is -2.37. The Morgan fingerprint density at radius 1 is 1.50 bits per heavy atom. The first-order valence-electron chi connectivity index (χ1n) is 6.52. The highest BCUT2D eigenvalue weighted by Gasteiger charge is 2.45. The highest BCUT2D eigenvalue weighted by atomic mass is 16.4. The summed E-state index contributed by atoms with van der Waals surface area (Å²) in [5.74, 6) is 0.669. The largest absolute Gasteiger partial charge is 0.481 e. The van der Waals surface area contributed by atoms with Gasteiger partial charge in [-0.1, -0.05) is 20.3 Å². The van der Waals surface area contributed by atoms with Gasteiger partial charge in [-0.25, -0.2) is 4.68 Å². The van der Waals surface area contributed by atoms with Crippen LogP contribution in [0.25, 0.3) is 0 Å². The molecule has 2 rings (SSSR count). The van der Waals surface area contributed by atoms with Crippen molar-refractivity contribution in [2.45, 2.75) is 52.5 Å². The Hall–Kier alpha value is -1.46. The minimum Gasteiger partial charge on any atom is -0.481 e. The average Bonchev–Trinajstić information content (AvgIpc) is 2.67. The smallest absolute Gasteiger partial charge is 0.311 e. The second-order valence-electron chi connectivity index (χ2n) is 5.62. The van der Waals surface area contributed by atoms with Gasteiger partial charge in [-0.05, 0) is 35.6 Å². The van der Waals surface area contributed by atoms with Gasteiger partial charge in [0, 0.05) is 6.42 Å². The topological polar surface area (TPSA) is 80.9 Å². The Labute approximate surface area is 106 Å². The summed E-state index contributed by atoms with van der Waals surface area (Å²) < 4.78 is 1.68. The summed E-state index contributed by atoms with van der Waals surface area (Å²) in [6.07, 6.45) is 4.26. The van der Waals surface area contributed by atoms with Crippen molar-refractivity contribution in [3.05, 3.63) is 5.82 Å². The van der Waals surface area contributed by atoms with Crippen LogP contribution in [0.2, 0.25) is 0 Å². The summed E-state index contributed by atoms with van der Waals surface area (Å²) in [6, 6.07) is 0. The number of nitrogens with zero attached hydrogens (tertiary/aromatic N) is 4. The lowest BCUT2D eigenvalue weighted by molar-refractivity contribution is -0.156. The normalized spacial score (nSPS) is 17.7. The first-order chi connectivity index (χ1) is 8.53. The minimum absolute atomic E-state index is 0.406. The lowest BCUT2D eigenvalue weighted by atomic mass is 9.69. The standard InChI is InChI=1S/C12H20N4O2/c1-9(2)4-5-10-13-14-15-16(10)8-12(11(17)18)6-3-7-12/h9H,3-8H2,1-2H3,(H,17,18). The van der Waals surface area contributed by atoms with Crippen LogP contribution in [0.5, 0.6) is 0 Å². The molecule has 6 nitrogen and oxygen atoms in total. The van der Waals surface area contributed by atoms with E-state index < -0.39 is 11.4 Å². The molecule has 1 fully saturated rings. The first kappa shape index (κ1) is 13.0. The summed E-state index contributed by atoms with van der Waals surface area (Å²) in [5, 5.41) is 20.9. The summed E-state index contributed by atoms with van der Waals surface area (Å²) in [4.78, 5) is 11.3. The van der Waals surface area contributed by atoms with Crippen molar-refractivity contribution in [2.75, 3.05) is 0 Å². The van der Waals surface area contributed by atoms with Crippen molar-refractivity contribution in [1.29, 1.82) is 0 Å². The monoisotopic (exact) mass is 252 g/mol. The number of aryl methyl sites for hydroxylation is 1. The van der Waals surface area contributed by atoms with E-state index in [-0.39, 0.29) is 0 Å². The van der Waals surface area contributed by atoms with Gasteiger partial charge in [0.2, 0.25) is 0 Å². The van der Waals surface area contributed by atoms with Gasteiger partial charge in [0.1, 0.15) is 0 Å². The van der Waals surface area contributed by atoms with Crippen molar-refractivity contribution in [1.82, 2.24) is 20.2 Å². The Morgan fingerprint density at radius 3 is 2.72 bits per heavy atom. The van der Waals surface area contributed by atoms with Gasteiger partial charge in [0.25, 0.3) is 0 Å². The Balaban J connectivity index is 2.05. The molecule has 100 valence electrons. The van der Waals surface area contributed by atoms with Crippen LogP contribution in [-0.2, 0) is 17.8 Å². The molecule has 1 heterocycles. The third kappa shape index (κ3) is 2.52. The van der Waals surface area contributed by atoms with Crippen molar-refractivity contribution in [2.24, 2.45) is 11.3 Å². The second-order valence-corrected chi connectivity index (χ2v) is 5.62. The van der Waals surface area contributed by atoms with Gasteiger partial charge in [-0.15, -0.1) is 5.10 Å². The molecule has 1 aromatic heterocycles. The predicted molar refractivity (Wildman–Crippen MR) is 64.9 cm³/mol. The zero-order valence-electron chi connectivity index (χ0n) is 11.0. The molecule has 1 saturated carbocycles. The molecule has 6 heteroatoms. The van der Waals surface area contributed by atoms with Crippen LogP contribution >= 0.6 is 0 Å². The van der Waals surface area contributed by atoms with Crippen LogP contribution < -0.4 is 0 Å². The molecule has 1 aliphatic rings. The molecule has 1 aliphatic carbocycles. The van der Waals surface area contributed by atoms with Gasteiger partial charge < -0.3 is 5.11 Å². The third-order valence-electron chi connectivity index (χ3n) is 3.77. The van der Waals surface area contributed by atoms with E-state index in [0.29, 0.717) is 12.5 Å². The fourth-order valence-electron chi connectivity index (χ4n) is 2.27. The van der Waals surface area contributed by atoms with Crippen LogP contribution in [0.3, 0.4) is 0 Å². The van der Waals surface area contributed by atoms with Crippen molar-refractivity contribution >= 4 is 5.97 Å². The molecule has 0 aliphatic heterocycles. The highest BCUT2D eigenvalue weighted by molar-refractivity contribution is 5.75. The van der Waals surface area contributed by atoms with Gasteiger partial charge in [-0.3, -0.25) is 4.79 Å². The predicted octanol–water partition coefficient (Wildman–Crippen LogP) is 1.52. The molecule has 0 atom stereocenters. The van der Waals surface area contributed by atoms with Crippen molar-refractivity contribution in [3.63, 3.8) is 0 Å². The molecule has 0 unspecified atom stereocenters. The van der Waals surface area contributed by atoms with Gasteiger partial charge in [0.15, 0.2) is 5.82 Å². The van der Waals surface area contributed by atoms with Crippen molar-refractivity contribution in [3.8, 4) is 0 Å². The van der Waals surface area contributed by atoms with Gasteiger partial charge in [0.05, 0.1) is 12.0 Å². The van der Waals surface area contributed by atoms with E-state index in [9.17, 15) is 9.90 Å². The number of carboxylic acid groups (broad SMARTS) is 1. The summed E-state index contributed by atoms with van der Waals surface area (Å²) in [6.45, 7) is 4.71. The van der Waals surface area contributed by atoms with E-state index in [0.717, 1.165) is 37.9 Å². The molecule has 0 bridgehead atoms. The zero-order valence-corrected chi connectivity index (χ0v) is 11.0. The van der Waals surface area contributed by atoms with Crippen LogP contribution in [-0.4, -0.2) is 31.3 Å². The van der Waals surface area contributed by atoms with Crippen LogP contribution in [0, 0.1) is 11.3 Å². The average molecular weight is 252 g/mol. The number of carboxylic acids is 1. The van der Waals surface area contributed by atoms with Crippen LogP contribution in [0.4, 0.5) is 0 Å². The zero-order chi connectivity index (χ0) is 13.2. The number of carbonyl (C=O) groups is 1. The van der Waals surface area contributed by atoms with Crippen LogP contribution in [0.1, 0.15) is 45.4 Å². The van der Waals surface area contributed by atoms with E-state index in [1.807, 2.05) is 0 Å². The molecule has 0 radical (unpaired) electrons. The molecule has 1 aromatic rings. The number of rotatable bonds is 6. The SMILES string of the molecule is CC(C)CCc1nnnn1CC1(C(=O)O)CCC1. The fraction of sp³-hybridized carbons (Fsp3) is 0.833. The van der Waals surface area contributed by atoms with E-state index >= 15 is 0 Å². The fourth-order valence-corrected chi connectivity index (χ4v) is 2.27. The summed E-state index contributed by atoms with van der Waals surface area (Å²) in [7, 11) is 0. The molecule has 0 saturated heterocycles. The number of aromatic nitrogens is 4. The van der Waals surface area contributed by atoms with E-state index in [4.69, 9.17) is 0 Å². The first-order valence-corrected chi connectivity index (χ1v) is 6.52. The molecular formula is C12H20N4O2. The quantitative estimate of drug-likeness (QED) is 0.830. The maximum absolute atomic E-state index is 11.3. The van der Waals surface area contributed by atoms with Gasteiger partial charge in [-0.2, -0.15) is 0 Å². The molecule has 0 spiro atoms. The molecule has 0 aromatic carbocycles. The Kier molecular flexibility index (Phi) is 3.63. The van der Waals surface area contributed by atoms with Crippen molar-refractivity contribution < 1.29 is 9.90 Å². The van der Waals surface area contributed by atoms with E-state index in [1.165, 1.54) is 0 Å². The van der Waals surface area contributed by atoms with E-state index in [1.54, 1.807) is 4.68 Å². The molecule has 18 heavy (non-hydrogen) atoms. The van der Waals surface area contributed by atoms with E-state index in [2.05, 4.69) is 29.4 Å². The summed E-state index contributed by atoms with van der Waals surface area (Å²) >= 11 is 0. The maximum Gasteiger partial charge on any atom is 0.311 e. The highest BCUT2D eigenvalue weighted by Crippen LogP contribution is 2.42. The number of hydrogen-bond donors (Lipinski definition) is 1. The number of aliphatic carboxylic acids is 1. The lowest BCUT2D eigenvalue weighted by Crippen LogP contribution is -2.42. The van der Waals surface area contributed by atoms with Gasteiger partial charge >= 0.3 is 5.97 Å². The number of hydrogen-bond acceptors (Lipinski definition) is 4. The second kappa shape index (κ2) is 5.04. The molecule has 0 amide bonds. The molecule has 1 N–H and O–H groups in total. The third-order valence-corrected chi connectivity index (χ3v) is 3.77. The minimum atomic E-state index is -0.723. The Bertz CT molecular complexity index is 423. The van der Waals surface area contributed by atoms with Crippen LogP contribution in [0.15, 0.2) is 0 Å². The number of tetrazole rings is 1. The maximum atomic E-state index is 11.3. The summed E-state index contributed by atoms with van der Waals surface area (Å²) in [5.41, 5.74) is -0.637. The Morgan fingerprint density at radius 2 is 2.22 bits per heavy atom. The molecular weight excluding hydrogens is 232 g/mol.